The number of benzene rings is 1. The van der Waals surface area contributed by atoms with Crippen LogP contribution in [0.1, 0.15) is 41.9 Å². The molecule has 0 radical (unpaired) electrons. The van der Waals surface area contributed by atoms with Crippen molar-refractivity contribution >= 4 is 28.9 Å². The van der Waals surface area contributed by atoms with Crippen LogP contribution in [0.4, 0.5) is 24.8 Å². The van der Waals surface area contributed by atoms with E-state index in [4.69, 9.17) is 0 Å². The van der Waals surface area contributed by atoms with E-state index in [9.17, 15) is 23.1 Å². The zero-order valence-corrected chi connectivity index (χ0v) is 20.4. The summed E-state index contributed by atoms with van der Waals surface area (Å²) in [7, 11) is 3.47. The number of aryl methyl sites for hydroxylation is 1. The first-order valence-electron chi connectivity index (χ1n) is 11.1. The molecule has 0 atom stereocenters. The average molecular weight is 506 g/mol. The minimum atomic E-state index is -4.56. The number of carbonyl (C=O) groups excluding carboxylic acids is 1. The number of alkyl halides is 3. The summed E-state index contributed by atoms with van der Waals surface area (Å²) in [5.74, 6) is -0.163. The predicted octanol–water partition coefficient (Wildman–Crippen LogP) is 5.14. The standard InChI is InChI=1S/C24H26F3N5O2S/c1-14-10-16(12-17(11-14)30-22-28-9-6-19(31-22)24(25,26)27)18-13-29-21(35-18)23(34)7-4-15(5-8-23)20(33)32(2)3/h6,9-13,15,34H,4-5,7-8H2,1-3H3,(H,28,30,31)/t15-,23-. The van der Waals surface area contributed by atoms with Crippen LogP contribution in [0.25, 0.3) is 10.4 Å². The molecule has 2 N–H and O–H groups in total. The van der Waals surface area contributed by atoms with Crippen molar-refractivity contribution in [1.82, 2.24) is 19.9 Å². The molecular formula is C24H26F3N5O2S. The minimum absolute atomic E-state index is 0.0800. The van der Waals surface area contributed by atoms with Crippen molar-refractivity contribution in [3.05, 3.63) is 52.9 Å². The summed E-state index contributed by atoms with van der Waals surface area (Å²) in [4.78, 5) is 26.6. The van der Waals surface area contributed by atoms with Gasteiger partial charge >= 0.3 is 6.18 Å². The largest absolute Gasteiger partial charge is 0.433 e. The van der Waals surface area contributed by atoms with Gasteiger partial charge in [0.1, 0.15) is 16.3 Å². The normalized spacial score (nSPS) is 20.5. The van der Waals surface area contributed by atoms with Crippen LogP contribution in [-0.2, 0) is 16.6 Å². The number of aliphatic hydroxyl groups is 1. The van der Waals surface area contributed by atoms with Crippen LogP contribution in [0.15, 0.2) is 36.7 Å². The fraction of sp³-hybridized carbons (Fsp3) is 0.417. The summed E-state index contributed by atoms with van der Waals surface area (Å²) >= 11 is 1.37. The highest BCUT2D eigenvalue weighted by molar-refractivity contribution is 7.15. The Hall–Kier alpha value is -3.05. The monoisotopic (exact) mass is 505 g/mol. The number of thiazole rings is 1. The number of halogens is 3. The molecule has 11 heteroatoms. The number of aromatic nitrogens is 3. The Balaban J connectivity index is 1.53. The summed E-state index contributed by atoms with van der Waals surface area (Å²) in [6, 6.07) is 6.32. The molecule has 0 spiro atoms. The molecule has 1 aliphatic carbocycles. The fourth-order valence-corrected chi connectivity index (χ4v) is 5.30. The van der Waals surface area contributed by atoms with Gasteiger partial charge in [0.05, 0.1) is 4.88 Å². The molecule has 186 valence electrons. The molecule has 35 heavy (non-hydrogen) atoms. The summed E-state index contributed by atoms with van der Waals surface area (Å²) < 4.78 is 38.9. The average Bonchev–Trinajstić information content (AvgIpc) is 3.30. The Bertz CT molecular complexity index is 1220. The van der Waals surface area contributed by atoms with Crippen molar-refractivity contribution in [3.63, 3.8) is 0 Å². The SMILES string of the molecule is Cc1cc(Nc2nccc(C(F)(F)F)n2)cc(-c2cnc([C@]3(O)CC[C@H](C(=O)N(C)C)CC3)s2)c1. The fourth-order valence-electron chi connectivity index (χ4n) is 4.25. The lowest BCUT2D eigenvalue weighted by Gasteiger charge is -2.34. The van der Waals surface area contributed by atoms with Gasteiger partial charge in [0.2, 0.25) is 11.9 Å². The zero-order valence-electron chi connectivity index (χ0n) is 19.6. The van der Waals surface area contributed by atoms with Gasteiger partial charge in [-0.25, -0.2) is 15.0 Å². The maximum atomic E-state index is 13.0. The number of hydrogen-bond donors (Lipinski definition) is 2. The molecule has 1 saturated carbocycles. The summed E-state index contributed by atoms with van der Waals surface area (Å²) in [6.07, 6.45) is 0.292. The molecule has 4 rings (SSSR count). The number of amides is 1. The van der Waals surface area contributed by atoms with Gasteiger partial charge < -0.3 is 15.3 Å². The van der Waals surface area contributed by atoms with Crippen LogP contribution in [0.2, 0.25) is 0 Å². The highest BCUT2D eigenvalue weighted by Crippen LogP contribution is 2.43. The second-order valence-corrected chi connectivity index (χ2v) is 10.1. The Morgan fingerprint density at radius 2 is 1.91 bits per heavy atom. The number of hydrogen-bond acceptors (Lipinski definition) is 7. The molecule has 1 aliphatic rings. The molecule has 1 aromatic carbocycles. The Labute approximate surface area is 205 Å². The Morgan fingerprint density at radius 1 is 1.20 bits per heavy atom. The first kappa shape index (κ1) is 25.1. The van der Waals surface area contributed by atoms with Crippen molar-refractivity contribution in [2.45, 2.75) is 44.4 Å². The van der Waals surface area contributed by atoms with Gasteiger partial charge in [0, 0.05) is 38.1 Å². The first-order valence-corrected chi connectivity index (χ1v) is 12.0. The summed E-state index contributed by atoms with van der Waals surface area (Å²) in [5, 5.41) is 14.7. The topological polar surface area (TPSA) is 91.2 Å². The van der Waals surface area contributed by atoms with Crippen LogP contribution in [0.5, 0.6) is 0 Å². The van der Waals surface area contributed by atoms with Crippen molar-refractivity contribution in [3.8, 4) is 10.4 Å². The van der Waals surface area contributed by atoms with Gasteiger partial charge in [-0.1, -0.05) is 6.07 Å². The van der Waals surface area contributed by atoms with Crippen LogP contribution in [0.3, 0.4) is 0 Å². The highest BCUT2D eigenvalue weighted by Gasteiger charge is 2.39. The third kappa shape index (κ3) is 5.62. The second-order valence-electron chi connectivity index (χ2n) is 9.04. The third-order valence-corrected chi connectivity index (χ3v) is 7.31. The Morgan fingerprint density at radius 3 is 2.57 bits per heavy atom. The number of nitrogens with one attached hydrogen (secondary N) is 1. The zero-order chi connectivity index (χ0) is 25.4. The lowest BCUT2D eigenvalue weighted by atomic mass is 9.78. The van der Waals surface area contributed by atoms with Crippen LogP contribution in [-0.4, -0.2) is 45.0 Å². The van der Waals surface area contributed by atoms with Gasteiger partial charge in [0.25, 0.3) is 0 Å². The molecule has 1 amide bonds. The van der Waals surface area contributed by atoms with E-state index < -0.39 is 17.5 Å². The van der Waals surface area contributed by atoms with E-state index >= 15 is 0 Å². The molecule has 0 bridgehead atoms. The molecule has 7 nitrogen and oxygen atoms in total. The van der Waals surface area contributed by atoms with Gasteiger partial charge in [0.15, 0.2) is 0 Å². The lowest BCUT2D eigenvalue weighted by molar-refractivity contribution is -0.141. The van der Waals surface area contributed by atoms with Crippen molar-refractivity contribution in [2.24, 2.45) is 5.92 Å². The molecule has 1 fully saturated rings. The van der Waals surface area contributed by atoms with Gasteiger partial charge in [-0.05, 0) is 61.9 Å². The van der Waals surface area contributed by atoms with Crippen LogP contribution in [0, 0.1) is 12.8 Å². The molecular weight excluding hydrogens is 479 g/mol. The number of carbonyl (C=O) groups is 1. The van der Waals surface area contributed by atoms with Crippen LogP contribution < -0.4 is 5.32 Å². The van der Waals surface area contributed by atoms with E-state index in [1.54, 1.807) is 37.3 Å². The molecule has 0 saturated heterocycles. The minimum Gasteiger partial charge on any atom is -0.383 e. The summed E-state index contributed by atoms with van der Waals surface area (Å²) in [5.41, 5.74) is 0.126. The van der Waals surface area contributed by atoms with E-state index in [0.717, 1.165) is 28.3 Å². The maximum absolute atomic E-state index is 13.0. The quantitative estimate of drug-likeness (QED) is 0.499. The number of nitrogens with zero attached hydrogens (tertiary/aromatic N) is 4. The van der Waals surface area contributed by atoms with E-state index in [0.29, 0.717) is 36.4 Å². The van der Waals surface area contributed by atoms with Gasteiger partial charge in [-0.3, -0.25) is 4.79 Å². The van der Waals surface area contributed by atoms with E-state index in [2.05, 4.69) is 20.3 Å². The molecule has 0 aliphatic heterocycles. The van der Waals surface area contributed by atoms with E-state index in [1.165, 1.54) is 11.3 Å². The van der Waals surface area contributed by atoms with Crippen LogP contribution >= 0.6 is 11.3 Å². The Kier molecular flexibility index (Phi) is 6.83. The molecule has 0 unspecified atom stereocenters. The third-order valence-electron chi connectivity index (χ3n) is 6.07. The second kappa shape index (κ2) is 9.54. The molecule has 3 aromatic rings. The van der Waals surface area contributed by atoms with Gasteiger partial charge in [-0.2, -0.15) is 13.2 Å². The number of anilines is 2. The molecule has 2 heterocycles. The first-order chi connectivity index (χ1) is 16.4. The number of rotatable bonds is 5. The van der Waals surface area contributed by atoms with E-state index in [1.807, 2.05) is 13.0 Å². The van der Waals surface area contributed by atoms with Crippen molar-refractivity contribution < 1.29 is 23.1 Å². The van der Waals surface area contributed by atoms with Crippen molar-refractivity contribution in [2.75, 3.05) is 19.4 Å². The molecule has 2 aromatic heterocycles. The highest BCUT2D eigenvalue weighted by atomic mass is 32.1. The van der Waals surface area contributed by atoms with E-state index in [-0.39, 0.29) is 17.8 Å². The van der Waals surface area contributed by atoms with Gasteiger partial charge in [-0.15, -0.1) is 11.3 Å². The maximum Gasteiger partial charge on any atom is 0.433 e. The van der Waals surface area contributed by atoms with Crippen molar-refractivity contribution in [1.29, 1.82) is 0 Å². The lowest BCUT2D eigenvalue weighted by Crippen LogP contribution is -2.37. The smallest absolute Gasteiger partial charge is 0.383 e. The predicted molar refractivity (Wildman–Crippen MR) is 127 cm³/mol. The summed E-state index contributed by atoms with van der Waals surface area (Å²) in [6.45, 7) is 1.88.